The lowest BCUT2D eigenvalue weighted by Gasteiger charge is -2.17. The van der Waals surface area contributed by atoms with E-state index in [1.807, 2.05) is 0 Å². The Kier molecular flexibility index (Phi) is 3.21. The number of hydrogen-bond acceptors (Lipinski definition) is 4. The van der Waals surface area contributed by atoms with Crippen molar-refractivity contribution in [1.29, 1.82) is 0 Å². The molecule has 1 aromatic rings. The van der Waals surface area contributed by atoms with Gasteiger partial charge in [0.1, 0.15) is 5.60 Å². The van der Waals surface area contributed by atoms with Gasteiger partial charge in [0.2, 0.25) is 0 Å². The Labute approximate surface area is 90.3 Å². The third-order valence-corrected chi connectivity index (χ3v) is 1.55. The van der Waals surface area contributed by atoms with E-state index in [4.69, 9.17) is 13.9 Å². The van der Waals surface area contributed by atoms with Crippen LogP contribution in [0.1, 0.15) is 20.8 Å². The van der Waals surface area contributed by atoms with Crippen LogP contribution < -0.4 is 4.74 Å². The molecule has 0 aliphatic rings. The lowest BCUT2D eigenvalue weighted by Crippen LogP contribution is -2.25. The van der Waals surface area contributed by atoms with Gasteiger partial charge in [0, 0.05) is 6.07 Å². The highest BCUT2D eigenvalue weighted by Gasteiger charge is 2.18. The molecule has 1 rings (SSSR count). The first kappa shape index (κ1) is 11.1. The van der Waals surface area contributed by atoms with E-state index >= 15 is 0 Å². The Morgan fingerprint density at radius 1 is 1.43 bits per heavy atom. The lowest BCUT2D eigenvalue weighted by atomic mass is 10.2. The van der Waals surface area contributed by atoms with E-state index in [1.165, 1.54) is 6.07 Å². The summed E-state index contributed by atoms with van der Waals surface area (Å²) in [5, 5.41) is 0. The van der Waals surface area contributed by atoms with Crippen LogP contribution in [0.25, 0.3) is 0 Å². The molecule has 1 heterocycles. The van der Waals surface area contributed by atoms with E-state index in [9.17, 15) is 4.79 Å². The van der Waals surface area contributed by atoms with Gasteiger partial charge in [-0.15, -0.1) is 0 Å². The van der Waals surface area contributed by atoms with Gasteiger partial charge in [-0.25, -0.2) is 4.79 Å². The molecule has 0 bridgehead atoms. The fraction of sp³-hybridized carbons (Fsp3) is 0.444. The van der Waals surface area contributed by atoms with Gasteiger partial charge in [0.25, 0.3) is 5.95 Å². The van der Waals surface area contributed by atoms with E-state index in [-0.39, 0.29) is 5.95 Å². The number of carbonyl (C=O) groups excluding carboxylic acids is 1. The number of furan rings is 1. The van der Waals surface area contributed by atoms with Crippen LogP contribution in [-0.2, 0) is 4.74 Å². The lowest BCUT2D eigenvalue weighted by molar-refractivity contribution is 0.0158. The fourth-order valence-electron chi connectivity index (χ4n) is 0.706. The quantitative estimate of drug-likeness (QED) is 0.729. The van der Waals surface area contributed by atoms with E-state index in [0.717, 1.165) is 0 Å². The smallest absolute Gasteiger partial charge is 0.428 e. The monoisotopic (exact) mass is 262 g/mol. The van der Waals surface area contributed by atoms with Crippen molar-refractivity contribution in [2.24, 2.45) is 0 Å². The maximum absolute atomic E-state index is 11.1. The molecule has 0 atom stereocenters. The molecule has 0 saturated heterocycles. The second kappa shape index (κ2) is 4.04. The Bertz CT molecular complexity index is 324. The van der Waals surface area contributed by atoms with E-state index in [0.29, 0.717) is 4.67 Å². The van der Waals surface area contributed by atoms with Crippen molar-refractivity contribution in [3.63, 3.8) is 0 Å². The van der Waals surface area contributed by atoms with Gasteiger partial charge in [0.05, 0.1) is 0 Å². The molecule has 0 spiro atoms. The highest BCUT2D eigenvalue weighted by Crippen LogP contribution is 2.21. The zero-order valence-corrected chi connectivity index (χ0v) is 9.75. The van der Waals surface area contributed by atoms with Gasteiger partial charge in [-0.05, 0) is 42.8 Å². The fourth-order valence-corrected chi connectivity index (χ4v) is 0.997. The molecule has 1 aromatic heterocycles. The number of hydrogen-bond donors (Lipinski definition) is 0. The second-order valence-corrected chi connectivity index (χ2v) is 4.41. The largest absolute Gasteiger partial charge is 0.516 e. The molecule has 5 heteroatoms. The summed E-state index contributed by atoms with van der Waals surface area (Å²) in [6, 6.07) is 3.15. The van der Waals surface area contributed by atoms with Crippen molar-refractivity contribution in [2.75, 3.05) is 0 Å². The Balaban J connectivity index is 2.50. The molecule has 0 unspecified atom stereocenters. The summed E-state index contributed by atoms with van der Waals surface area (Å²) in [4.78, 5) is 11.1. The predicted molar refractivity (Wildman–Crippen MR) is 53.3 cm³/mol. The minimum atomic E-state index is -0.778. The molecule has 0 fully saturated rings. The normalized spacial score (nSPS) is 11.1. The summed E-state index contributed by atoms with van der Waals surface area (Å²) in [6.07, 6.45) is -0.778. The molecule has 4 nitrogen and oxygen atoms in total. The highest BCUT2D eigenvalue weighted by molar-refractivity contribution is 9.10. The summed E-state index contributed by atoms with van der Waals surface area (Å²) >= 11 is 3.08. The average molecular weight is 263 g/mol. The maximum atomic E-state index is 11.1. The SMILES string of the molecule is CC(C)(C)OC(=O)Oc1ccc(Br)o1. The van der Waals surface area contributed by atoms with Gasteiger partial charge in [-0.2, -0.15) is 0 Å². The predicted octanol–water partition coefficient (Wildman–Crippen LogP) is 3.36. The molecular formula is C9H11BrO4. The number of halogens is 1. The van der Waals surface area contributed by atoms with Gasteiger partial charge in [0.15, 0.2) is 4.67 Å². The van der Waals surface area contributed by atoms with Crippen LogP contribution in [0.3, 0.4) is 0 Å². The van der Waals surface area contributed by atoms with Crippen molar-refractivity contribution in [3.8, 4) is 5.95 Å². The number of rotatable bonds is 1. The molecule has 0 aromatic carbocycles. The zero-order valence-electron chi connectivity index (χ0n) is 8.17. The van der Waals surface area contributed by atoms with Gasteiger partial charge in [-0.3, -0.25) is 0 Å². The van der Waals surface area contributed by atoms with E-state index < -0.39 is 11.8 Å². The van der Waals surface area contributed by atoms with E-state index in [2.05, 4.69) is 15.9 Å². The van der Waals surface area contributed by atoms with Gasteiger partial charge >= 0.3 is 6.16 Å². The van der Waals surface area contributed by atoms with Crippen molar-refractivity contribution in [1.82, 2.24) is 0 Å². The summed E-state index contributed by atoms with van der Waals surface area (Å²) in [5.41, 5.74) is -0.569. The topological polar surface area (TPSA) is 48.7 Å². The first-order valence-electron chi connectivity index (χ1n) is 4.03. The van der Waals surface area contributed by atoms with Crippen molar-refractivity contribution in [3.05, 3.63) is 16.8 Å². The Morgan fingerprint density at radius 2 is 2.07 bits per heavy atom. The van der Waals surface area contributed by atoms with Crippen LogP contribution in [0.4, 0.5) is 4.79 Å². The van der Waals surface area contributed by atoms with Crippen LogP contribution in [0.5, 0.6) is 5.95 Å². The maximum Gasteiger partial charge on any atom is 0.516 e. The molecular weight excluding hydrogens is 252 g/mol. The minimum Gasteiger partial charge on any atom is -0.428 e. The molecule has 78 valence electrons. The summed E-state index contributed by atoms with van der Waals surface area (Å²) in [5.74, 6) is 0.103. The molecule has 0 amide bonds. The highest BCUT2D eigenvalue weighted by atomic mass is 79.9. The first-order chi connectivity index (χ1) is 6.37. The number of ether oxygens (including phenoxy) is 2. The number of carbonyl (C=O) groups is 1. The average Bonchev–Trinajstić information content (AvgIpc) is 2.30. The zero-order chi connectivity index (χ0) is 10.8. The van der Waals surface area contributed by atoms with Crippen LogP contribution in [0.15, 0.2) is 21.2 Å². The third-order valence-electron chi connectivity index (χ3n) is 1.12. The second-order valence-electron chi connectivity index (χ2n) is 3.63. The van der Waals surface area contributed by atoms with Crippen LogP contribution >= 0.6 is 15.9 Å². The molecule has 0 aliphatic carbocycles. The summed E-state index contributed by atoms with van der Waals surface area (Å²) < 4.78 is 15.1. The van der Waals surface area contributed by atoms with Crippen LogP contribution in [-0.4, -0.2) is 11.8 Å². The molecule has 0 saturated carbocycles. The molecule has 14 heavy (non-hydrogen) atoms. The Hall–Kier alpha value is -0.970. The summed E-state index contributed by atoms with van der Waals surface area (Å²) in [6.45, 7) is 5.27. The van der Waals surface area contributed by atoms with Gasteiger partial charge in [-0.1, -0.05) is 0 Å². The van der Waals surface area contributed by atoms with Crippen molar-refractivity contribution in [2.45, 2.75) is 26.4 Å². The first-order valence-corrected chi connectivity index (χ1v) is 4.82. The molecule has 0 radical (unpaired) electrons. The Morgan fingerprint density at radius 3 is 2.50 bits per heavy atom. The van der Waals surface area contributed by atoms with Crippen LogP contribution in [0, 0.1) is 0 Å². The van der Waals surface area contributed by atoms with Crippen molar-refractivity contribution < 1.29 is 18.7 Å². The minimum absolute atomic E-state index is 0.103. The van der Waals surface area contributed by atoms with Crippen molar-refractivity contribution >= 4 is 22.1 Å². The van der Waals surface area contributed by atoms with E-state index in [1.54, 1.807) is 26.8 Å². The van der Waals surface area contributed by atoms with Crippen LogP contribution in [0.2, 0.25) is 0 Å². The molecule has 0 aliphatic heterocycles. The third kappa shape index (κ3) is 3.83. The molecule has 0 N–H and O–H groups in total. The van der Waals surface area contributed by atoms with Gasteiger partial charge < -0.3 is 13.9 Å². The summed E-state index contributed by atoms with van der Waals surface area (Å²) in [7, 11) is 0. The standard InChI is InChI=1S/C9H11BrO4/c1-9(2,3)14-8(11)13-7-5-4-6(10)12-7/h4-5H,1-3H3.